The maximum Gasteiger partial charge on any atom is 0.339 e. The van der Waals surface area contributed by atoms with Gasteiger partial charge >= 0.3 is 5.97 Å². The second kappa shape index (κ2) is 4.35. The zero-order valence-electron chi connectivity index (χ0n) is 6.91. The van der Waals surface area contributed by atoms with Crippen molar-refractivity contribution in [2.75, 3.05) is 7.11 Å². The van der Waals surface area contributed by atoms with Gasteiger partial charge in [-0.15, -0.1) is 0 Å². The van der Waals surface area contributed by atoms with Gasteiger partial charge in [-0.1, -0.05) is 0 Å². The van der Waals surface area contributed by atoms with Gasteiger partial charge in [-0.25, -0.2) is 13.6 Å². The van der Waals surface area contributed by atoms with Crippen LogP contribution in [-0.2, 0) is 4.74 Å². The SMILES string of the molecule is COC(=O)c1cc(F)c(Br)c(F)c1Br. The van der Waals surface area contributed by atoms with Crippen LogP contribution >= 0.6 is 31.9 Å². The highest BCUT2D eigenvalue weighted by Crippen LogP contribution is 2.30. The highest BCUT2D eigenvalue weighted by atomic mass is 79.9. The molecule has 0 spiro atoms. The van der Waals surface area contributed by atoms with E-state index >= 15 is 0 Å². The van der Waals surface area contributed by atoms with Crippen LogP contribution in [0.4, 0.5) is 8.78 Å². The van der Waals surface area contributed by atoms with Crippen molar-refractivity contribution in [1.29, 1.82) is 0 Å². The van der Waals surface area contributed by atoms with Gasteiger partial charge in [0.15, 0.2) is 5.82 Å². The summed E-state index contributed by atoms with van der Waals surface area (Å²) in [5, 5.41) is 0. The lowest BCUT2D eigenvalue weighted by Gasteiger charge is -2.05. The van der Waals surface area contributed by atoms with E-state index in [2.05, 4.69) is 36.6 Å². The minimum atomic E-state index is -0.870. The van der Waals surface area contributed by atoms with Crippen LogP contribution in [0.1, 0.15) is 10.4 Å². The van der Waals surface area contributed by atoms with E-state index < -0.39 is 17.6 Å². The molecule has 0 heterocycles. The van der Waals surface area contributed by atoms with E-state index in [0.29, 0.717) is 0 Å². The van der Waals surface area contributed by atoms with Crippen molar-refractivity contribution in [3.05, 3.63) is 32.2 Å². The Balaban J connectivity index is 3.40. The first-order valence-corrected chi connectivity index (χ1v) is 4.99. The molecule has 0 unspecified atom stereocenters. The molecule has 0 saturated carbocycles. The van der Waals surface area contributed by atoms with Crippen LogP contribution in [-0.4, -0.2) is 13.1 Å². The number of carbonyl (C=O) groups is 1. The van der Waals surface area contributed by atoms with Gasteiger partial charge in [0.1, 0.15) is 5.82 Å². The summed E-state index contributed by atoms with van der Waals surface area (Å²) in [5.41, 5.74) is -0.189. The molecule has 0 aromatic heterocycles. The number of carbonyl (C=O) groups excluding carboxylic acids is 1. The van der Waals surface area contributed by atoms with Crippen molar-refractivity contribution in [2.45, 2.75) is 0 Å². The normalized spacial score (nSPS) is 10.1. The summed E-state index contributed by atoms with van der Waals surface area (Å²) in [6, 6.07) is 0.892. The van der Waals surface area contributed by atoms with Crippen LogP contribution in [0.3, 0.4) is 0 Å². The molecule has 76 valence electrons. The molecular weight excluding hydrogens is 326 g/mol. The predicted octanol–water partition coefficient (Wildman–Crippen LogP) is 3.28. The molecule has 0 aliphatic rings. The van der Waals surface area contributed by atoms with Gasteiger partial charge in [-0.05, 0) is 37.9 Å². The average Bonchev–Trinajstić information content (AvgIpc) is 2.19. The Labute approximate surface area is 95.5 Å². The quantitative estimate of drug-likeness (QED) is 0.449. The average molecular weight is 330 g/mol. The number of rotatable bonds is 1. The molecule has 0 amide bonds. The Hall–Kier alpha value is -0.490. The summed E-state index contributed by atoms with van der Waals surface area (Å²) >= 11 is 5.54. The molecule has 0 aliphatic carbocycles. The van der Waals surface area contributed by atoms with Gasteiger partial charge in [-0.3, -0.25) is 0 Å². The van der Waals surface area contributed by atoms with Gasteiger partial charge < -0.3 is 4.74 Å². The van der Waals surface area contributed by atoms with Crippen molar-refractivity contribution in [2.24, 2.45) is 0 Å². The number of methoxy groups -OCH3 is 1. The van der Waals surface area contributed by atoms with Crippen molar-refractivity contribution >= 4 is 37.8 Å². The highest BCUT2D eigenvalue weighted by Gasteiger charge is 2.19. The summed E-state index contributed by atoms with van der Waals surface area (Å²) in [6.07, 6.45) is 0. The predicted molar refractivity (Wildman–Crippen MR) is 53.1 cm³/mol. The minimum absolute atomic E-state index is 0.127. The van der Waals surface area contributed by atoms with Gasteiger partial charge in [-0.2, -0.15) is 0 Å². The van der Waals surface area contributed by atoms with Crippen molar-refractivity contribution in [1.82, 2.24) is 0 Å². The smallest absolute Gasteiger partial charge is 0.339 e. The molecule has 0 aliphatic heterocycles. The van der Waals surface area contributed by atoms with Crippen LogP contribution in [0.15, 0.2) is 15.0 Å². The van der Waals surface area contributed by atoms with Crippen LogP contribution < -0.4 is 0 Å². The maximum atomic E-state index is 13.2. The topological polar surface area (TPSA) is 26.3 Å². The third-order valence-corrected chi connectivity index (χ3v) is 3.01. The fourth-order valence-electron chi connectivity index (χ4n) is 0.831. The third kappa shape index (κ3) is 1.95. The highest BCUT2D eigenvalue weighted by molar-refractivity contribution is 9.11. The number of hydrogen-bond donors (Lipinski definition) is 0. The molecule has 1 rings (SSSR count). The fraction of sp³-hybridized carbons (Fsp3) is 0.125. The lowest BCUT2D eigenvalue weighted by Crippen LogP contribution is -2.05. The molecule has 0 N–H and O–H groups in total. The van der Waals surface area contributed by atoms with E-state index in [1.54, 1.807) is 0 Å². The second-order valence-electron chi connectivity index (χ2n) is 2.34. The molecule has 0 fully saturated rings. The monoisotopic (exact) mass is 328 g/mol. The van der Waals surface area contributed by atoms with E-state index in [0.717, 1.165) is 13.2 Å². The Kier molecular flexibility index (Phi) is 3.60. The fourth-order valence-corrected chi connectivity index (χ4v) is 1.88. The minimum Gasteiger partial charge on any atom is -0.465 e. The van der Waals surface area contributed by atoms with Gasteiger partial charge in [0.05, 0.1) is 21.6 Å². The second-order valence-corrected chi connectivity index (χ2v) is 3.93. The van der Waals surface area contributed by atoms with Crippen LogP contribution in [0.25, 0.3) is 0 Å². The maximum absolute atomic E-state index is 13.2. The molecule has 0 saturated heterocycles. The van der Waals surface area contributed by atoms with E-state index in [1.165, 1.54) is 0 Å². The first kappa shape index (κ1) is 11.6. The Bertz CT molecular complexity index is 393. The molecule has 14 heavy (non-hydrogen) atoms. The summed E-state index contributed by atoms with van der Waals surface area (Å²) in [6.45, 7) is 0. The molecule has 1 aromatic carbocycles. The Morgan fingerprint density at radius 3 is 2.43 bits per heavy atom. The molecule has 6 heteroatoms. The van der Waals surface area contributed by atoms with Gasteiger partial charge in [0, 0.05) is 0 Å². The van der Waals surface area contributed by atoms with Gasteiger partial charge in [0.2, 0.25) is 0 Å². The van der Waals surface area contributed by atoms with Crippen molar-refractivity contribution < 1.29 is 18.3 Å². The Morgan fingerprint density at radius 2 is 1.93 bits per heavy atom. The molecule has 0 bridgehead atoms. The molecular formula is C8H4Br2F2O2. The lowest BCUT2D eigenvalue weighted by atomic mass is 10.2. The number of halogens is 4. The van der Waals surface area contributed by atoms with E-state index in [4.69, 9.17) is 0 Å². The van der Waals surface area contributed by atoms with Crippen LogP contribution in [0.5, 0.6) is 0 Å². The number of hydrogen-bond acceptors (Lipinski definition) is 2. The zero-order valence-corrected chi connectivity index (χ0v) is 10.1. The summed E-state index contributed by atoms with van der Waals surface area (Å²) in [7, 11) is 1.13. The van der Waals surface area contributed by atoms with E-state index in [1.807, 2.05) is 0 Å². The molecule has 1 aromatic rings. The first-order chi connectivity index (χ1) is 6.49. The standard InChI is InChI=1S/C8H4Br2F2O2/c1-14-8(13)3-2-4(11)6(10)7(12)5(3)9/h2H,1H3. The van der Waals surface area contributed by atoms with Crippen LogP contribution in [0, 0.1) is 11.6 Å². The summed E-state index contributed by atoms with van der Waals surface area (Å²) in [4.78, 5) is 11.0. The number of esters is 1. The van der Waals surface area contributed by atoms with E-state index in [9.17, 15) is 13.6 Å². The zero-order chi connectivity index (χ0) is 10.9. The summed E-state index contributed by atoms with van der Waals surface area (Å²) in [5.74, 6) is -2.53. The van der Waals surface area contributed by atoms with E-state index in [-0.39, 0.29) is 14.5 Å². The molecule has 0 atom stereocenters. The molecule has 2 nitrogen and oxygen atoms in total. The molecule has 0 radical (unpaired) electrons. The van der Waals surface area contributed by atoms with Crippen molar-refractivity contribution in [3.63, 3.8) is 0 Å². The van der Waals surface area contributed by atoms with Crippen LogP contribution in [0.2, 0.25) is 0 Å². The largest absolute Gasteiger partial charge is 0.465 e. The van der Waals surface area contributed by atoms with Crippen molar-refractivity contribution in [3.8, 4) is 0 Å². The lowest BCUT2D eigenvalue weighted by molar-refractivity contribution is 0.0598. The summed E-state index contributed by atoms with van der Waals surface area (Å²) < 4.78 is 30.1. The number of ether oxygens (including phenoxy) is 1. The first-order valence-electron chi connectivity index (χ1n) is 3.40. The Morgan fingerprint density at radius 1 is 1.36 bits per heavy atom. The number of benzene rings is 1. The van der Waals surface area contributed by atoms with Gasteiger partial charge in [0.25, 0.3) is 0 Å². The third-order valence-electron chi connectivity index (χ3n) is 1.51.